The predicted octanol–water partition coefficient (Wildman–Crippen LogP) is 4.57. The van der Waals surface area contributed by atoms with Crippen LogP contribution < -0.4 is 5.32 Å². The highest BCUT2D eigenvalue weighted by Crippen LogP contribution is 2.29. The summed E-state index contributed by atoms with van der Waals surface area (Å²) in [5.41, 5.74) is 2.63. The molecule has 0 bridgehead atoms. The lowest BCUT2D eigenvalue weighted by Gasteiger charge is -2.30. The minimum Gasteiger partial charge on any atom is -0.440 e. The summed E-state index contributed by atoms with van der Waals surface area (Å²) in [4.78, 5) is 18.8. The van der Waals surface area contributed by atoms with Gasteiger partial charge in [-0.25, -0.2) is 9.78 Å². The van der Waals surface area contributed by atoms with E-state index in [2.05, 4.69) is 10.3 Å². The van der Waals surface area contributed by atoms with Crippen LogP contribution >= 0.6 is 11.6 Å². The van der Waals surface area contributed by atoms with E-state index in [4.69, 9.17) is 16.0 Å². The molecule has 2 aromatic carbocycles. The summed E-state index contributed by atoms with van der Waals surface area (Å²) in [5, 5.41) is 3.62. The summed E-state index contributed by atoms with van der Waals surface area (Å²) in [5.74, 6) is 1.04. The molecular weight excluding hydrogens is 350 g/mol. The zero-order valence-electron chi connectivity index (χ0n) is 14.3. The summed E-state index contributed by atoms with van der Waals surface area (Å²) in [6, 6.07) is 15.3. The maximum Gasteiger partial charge on any atom is 0.317 e. The Morgan fingerprint density at radius 1 is 1.15 bits per heavy atom. The van der Waals surface area contributed by atoms with Crippen LogP contribution in [0, 0.1) is 0 Å². The summed E-state index contributed by atoms with van der Waals surface area (Å²) in [6.07, 6.45) is 1.71. The van der Waals surface area contributed by atoms with E-state index in [-0.39, 0.29) is 11.9 Å². The standard InChI is InChI=1S/C20H20ClN3O2/c21-16-6-2-1-5-15(16)13-22-20(25)24-11-9-14(10-12-24)19-23-17-7-3-4-8-18(17)26-19/h1-8,14H,9-13H2,(H,22,25). The number of carbonyl (C=O) groups excluding carboxylic acids is 1. The third kappa shape index (κ3) is 3.53. The molecule has 4 rings (SSSR count). The quantitative estimate of drug-likeness (QED) is 0.735. The van der Waals surface area contributed by atoms with Gasteiger partial charge in [0.1, 0.15) is 5.52 Å². The van der Waals surface area contributed by atoms with Gasteiger partial charge in [-0.15, -0.1) is 0 Å². The van der Waals surface area contributed by atoms with Gasteiger partial charge in [0.2, 0.25) is 0 Å². The molecule has 0 saturated carbocycles. The Hall–Kier alpha value is -2.53. The van der Waals surface area contributed by atoms with E-state index in [1.165, 1.54) is 0 Å². The lowest BCUT2D eigenvalue weighted by atomic mass is 9.97. The van der Waals surface area contributed by atoms with Gasteiger partial charge in [-0.05, 0) is 36.6 Å². The monoisotopic (exact) mass is 369 g/mol. The smallest absolute Gasteiger partial charge is 0.317 e. The zero-order valence-corrected chi connectivity index (χ0v) is 15.1. The van der Waals surface area contributed by atoms with Crippen LogP contribution in [0.4, 0.5) is 4.79 Å². The Balaban J connectivity index is 1.33. The molecule has 0 unspecified atom stereocenters. The molecule has 0 radical (unpaired) electrons. The molecule has 0 atom stereocenters. The van der Waals surface area contributed by atoms with Crippen LogP contribution in [0.5, 0.6) is 0 Å². The third-order valence-electron chi connectivity index (χ3n) is 4.83. The van der Waals surface area contributed by atoms with E-state index < -0.39 is 0 Å². The number of oxazole rings is 1. The highest BCUT2D eigenvalue weighted by Gasteiger charge is 2.27. The van der Waals surface area contributed by atoms with Crippen molar-refractivity contribution in [2.45, 2.75) is 25.3 Å². The van der Waals surface area contributed by atoms with Crippen LogP contribution in [-0.4, -0.2) is 29.0 Å². The molecule has 5 nitrogen and oxygen atoms in total. The van der Waals surface area contributed by atoms with Crippen molar-refractivity contribution < 1.29 is 9.21 Å². The van der Waals surface area contributed by atoms with Gasteiger partial charge < -0.3 is 14.6 Å². The Morgan fingerprint density at radius 3 is 2.65 bits per heavy atom. The Labute approximate surface area is 157 Å². The van der Waals surface area contributed by atoms with Gasteiger partial charge in [0.25, 0.3) is 0 Å². The molecule has 3 aromatic rings. The van der Waals surface area contributed by atoms with Gasteiger partial charge in [0.05, 0.1) is 0 Å². The largest absolute Gasteiger partial charge is 0.440 e. The summed E-state index contributed by atoms with van der Waals surface area (Å²) in [6.45, 7) is 1.82. The van der Waals surface area contributed by atoms with Crippen molar-refractivity contribution in [2.75, 3.05) is 13.1 Å². The fourth-order valence-corrected chi connectivity index (χ4v) is 3.52. The van der Waals surface area contributed by atoms with Crippen molar-refractivity contribution in [3.63, 3.8) is 0 Å². The van der Waals surface area contributed by atoms with Crippen molar-refractivity contribution in [1.82, 2.24) is 15.2 Å². The van der Waals surface area contributed by atoms with Gasteiger partial charge in [-0.3, -0.25) is 0 Å². The van der Waals surface area contributed by atoms with E-state index in [9.17, 15) is 4.79 Å². The van der Waals surface area contributed by atoms with E-state index in [1.807, 2.05) is 53.4 Å². The molecular formula is C20H20ClN3O2. The van der Waals surface area contributed by atoms with Crippen LogP contribution in [0.15, 0.2) is 52.9 Å². The van der Waals surface area contributed by atoms with Gasteiger partial charge >= 0.3 is 6.03 Å². The number of nitrogens with one attached hydrogen (secondary N) is 1. The second-order valence-corrected chi connectivity index (χ2v) is 6.94. The number of nitrogens with zero attached hydrogens (tertiary/aromatic N) is 2. The number of benzene rings is 2. The average molecular weight is 370 g/mol. The van der Waals surface area contributed by atoms with E-state index >= 15 is 0 Å². The number of hydrogen-bond acceptors (Lipinski definition) is 3. The average Bonchev–Trinajstić information content (AvgIpc) is 3.11. The van der Waals surface area contributed by atoms with E-state index in [0.29, 0.717) is 24.7 Å². The Kier molecular flexibility index (Phi) is 4.80. The molecule has 0 spiro atoms. The number of likely N-dealkylation sites (tertiary alicyclic amines) is 1. The number of piperidine rings is 1. The van der Waals surface area contributed by atoms with Crippen LogP contribution in [0.25, 0.3) is 11.1 Å². The lowest BCUT2D eigenvalue weighted by molar-refractivity contribution is 0.177. The number of aromatic nitrogens is 1. The SMILES string of the molecule is O=C(NCc1ccccc1Cl)N1CCC(c2nc3ccccc3o2)CC1. The summed E-state index contributed by atoms with van der Waals surface area (Å²) in [7, 11) is 0. The number of rotatable bonds is 3. The predicted molar refractivity (Wildman–Crippen MR) is 101 cm³/mol. The molecule has 134 valence electrons. The third-order valence-corrected chi connectivity index (χ3v) is 5.20. The molecule has 1 saturated heterocycles. The Bertz CT molecular complexity index is 883. The number of carbonyl (C=O) groups is 1. The minimum absolute atomic E-state index is 0.0547. The number of para-hydroxylation sites is 2. The van der Waals surface area contributed by atoms with Crippen LogP contribution in [0.3, 0.4) is 0 Å². The highest BCUT2D eigenvalue weighted by molar-refractivity contribution is 6.31. The topological polar surface area (TPSA) is 58.4 Å². The molecule has 1 N–H and O–H groups in total. The van der Waals surface area contributed by atoms with Crippen LogP contribution in [0.2, 0.25) is 5.02 Å². The van der Waals surface area contributed by atoms with Crippen molar-refractivity contribution in [3.05, 3.63) is 65.0 Å². The number of halogens is 1. The van der Waals surface area contributed by atoms with Crippen molar-refractivity contribution >= 4 is 28.7 Å². The molecule has 0 aliphatic carbocycles. The second kappa shape index (κ2) is 7.38. The van der Waals surface area contributed by atoms with Crippen LogP contribution in [0.1, 0.15) is 30.2 Å². The number of amides is 2. The molecule has 1 aromatic heterocycles. The van der Waals surface area contributed by atoms with Gasteiger partial charge in [-0.1, -0.05) is 41.9 Å². The molecule has 26 heavy (non-hydrogen) atoms. The van der Waals surface area contributed by atoms with Crippen LogP contribution in [-0.2, 0) is 6.54 Å². The van der Waals surface area contributed by atoms with E-state index in [0.717, 1.165) is 35.4 Å². The Morgan fingerprint density at radius 2 is 1.88 bits per heavy atom. The lowest BCUT2D eigenvalue weighted by Crippen LogP contribution is -2.43. The number of urea groups is 1. The van der Waals surface area contributed by atoms with Crippen molar-refractivity contribution in [2.24, 2.45) is 0 Å². The first-order valence-corrected chi connectivity index (χ1v) is 9.20. The maximum absolute atomic E-state index is 12.4. The fraction of sp³-hybridized carbons (Fsp3) is 0.300. The fourth-order valence-electron chi connectivity index (χ4n) is 3.32. The first-order chi connectivity index (χ1) is 12.7. The number of hydrogen-bond donors (Lipinski definition) is 1. The van der Waals surface area contributed by atoms with Crippen molar-refractivity contribution in [1.29, 1.82) is 0 Å². The van der Waals surface area contributed by atoms with Gasteiger partial charge in [-0.2, -0.15) is 0 Å². The molecule has 1 aliphatic heterocycles. The molecule has 2 amide bonds. The van der Waals surface area contributed by atoms with E-state index in [1.54, 1.807) is 0 Å². The molecule has 6 heteroatoms. The number of fused-ring (bicyclic) bond motifs is 1. The molecule has 2 heterocycles. The first-order valence-electron chi connectivity index (χ1n) is 8.82. The first kappa shape index (κ1) is 16.9. The normalized spacial score (nSPS) is 15.3. The minimum atomic E-state index is -0.0547. The van der Waals surface area contributed by atoms with Crippen molar-refractivity contribution in [3.8, 4) is 0 Å². The summed E-state index contributed by atoms with van der Waals surface area (Å²) >= 11 is 6.13. The molecule has 1 aliphatic rings. The maximum atomic E-state index is 12.4. The second-order valence-electron chi connectivity index (χ2n) is 6.53. The summed E-state index contributed by atoms with van der Waals surface area (Å²) < 4.78 is 5.88. The van der Waals surface area contributed by atoms with Gasteiger partial charge in [0.15, 0.2) is 11.5 Å². The highest BCUT2D eigenvalue weighted by atomic mass is 35.5. The molecule has 1 fully saturated rings. The zero-order chi connectivity index (χ0) is 17.9. The van der Waals surface area contributed by atoms with Gasteiger partial charge in [0, 0.05) is 30.6 Å².